The number of rotatable bonds is 9. The molecule has 0 aliphatic rings. The van der Waals surface area contributed by atoms with Crippen LogP contribution < -0.4 is 4.90 Å². The summed E-state index contributed by atoms with van der Waals surface area (Å²) in [4.78, 5) is 2.29. The van der Waals surface area contributed by atoms with Gasteiger partial charge >= 0.3 is 0 Å². The highest BCUT2D eigenvalue weighted by Gasteiger charge is 2.22. The van der Waals surface area contributed by atoms with Crippen molar-refractivity contribution >= 4 is 33.4 Å². The molecule has 0 unspecified atom stereocenters. The number of hydrogen-bond donors (Lipinski definition) is 0. The third-order valence-corrected chi connectivity index (χ3v) is 11.8. The van der Waals surface area contributed by atoms with E-state index in [0.29, 0.717) is 0 Å². The lowest BCUT2D eigenvalue weighted by atomic mass is 9.92. The molecule has 0 aliphatic heterocycles. The minimum Gasteiger partial charge on any atom is -0.311 e. The van der Waals surface area contributed by atoms with Crippen molar-refractivity contribution in [2.75, 3.05) is 4.90 Å². The average molecular weight is 792 g/mol. The van der Waals surface area contributed by atoms with Crippen LogP contribution in [0.5, 0.6) is 0 Å². The Morgan fingerprint density at radius 2 is 0.726 bits per heavy atom. The van der Waals surface area contributed by atoms with Crippen molar-refractivity contribution in [1.29, 1.82) is 0 Å². The molecule has 0 amide bonds. The van der Waals surface area contributed by atoms with Gasteiger partial charge in [-0.2, -0.15) is 5.10 Å². The molecule has 11 rings (SSSR count). The molecular weight excluding hydrogens is 751 g/mol. The van der Waals surface area contributed by atoms with Crippen LogP contribution in [-0.4, -0.2) is 9.61 Å². The number of benzene rings is 9. The maximum atomic E-state index is 5.41. The minimum absolute atomic E-state index is 0.969. The smallest absolute Gasteiger partial charge is 0.101 e. The molecule has 0 fully saturated rings. The van der Waals surface area contributed by atoms with E-state index in [1.165, 1.54) is 38.8 Å². The van der Waals surface area contributed by atoms with E-state index in [9.17, 15) is 0 Å². The second kappa shape index (κ2) is 16.1. The van der Waals surface area contributed by atoms with E-state index in [-0.39, 0.29) is 0 Å². The van der Waals surface area contributed by atoms with Gasteiger partial charge in [-0.3, -0.25) is 0 Å². The SMILES string of the molecule is c1ccc(-c2nn3c(-c4ccccc4)cc4c(-c5ccc(-c6ccc(-c7ccc(N(c8ccccc8)c8ccccc8)cc7)cc6)cc5)cccc4c3c2-c2ccccc2)cc1. The van der Waals surface area contributed by atoms with Crippen molar-refractivity contribution < 1.29 is 0 Å². The summed E-state index contributed by atoms with van der Waals surface area (Å²) in [6.07, 6.45) is 0. The summed E-state index contributed by atoms with van der Waals surface area (Å²) in [5.74, 6) is 0. The molecule has 9 aromatic carbocycles. The number of fused-ring (bicyclic) bond motifs is 3. The second-order valence-corrected chi connectivity index (χ2v) is 15.6. The number of para-hydroxylation sites is 2. The lowest BCUT2D eigenvalue weighted by Gasteiger charge is -2.25. The number of anilines is 3. The van der Waals surface area contributed by atoms with Gasteiger partial charge in [0.25, 0.3) is 0 Å². The second-order valence-electron chi connectivity index (χ2n) is 15.6. The first-order valence-corrected chi connectivity index (χ1v) is 21.1. The fraction of sp³-hybridized carbons (Fsp3) is 0. The zero-order chi connectivity index (χ0) is 41.2. The number of nitrogens with zero attached hydrogens (tertiary/aromatic N) is 3. The lowest BCUT2D eigenvalue weighted by Crippen LogP contribution is -2.09. The minimum atomic E-state index is 0.969. The summed E-state index contributed by atoms with van der Waals surface area (Å²) in [5.41, 5.74) is 18.1. The molecule has 2 aromatic heterocycles. The summed E-state index contributed by atoms with van der Waals surface area (Å²) in [7, 11) is 0. The van der Waals surface area contributed by atoms with Gasteiger partial charge in [-0.15, -0.1) is 0 Å². The Morgan fingerprint density at radius 1 is 0.306 bits per heavy atom. The van der Waals surface area contributed by atoms with E-state index < -0.39 is 0 Å². The molecule has 3 heteroatoms. The molecule has 2 heterocycles. The predicted octanol–water partition coefficient (Wildman–Crippen LogP) is 16.0. The molecule has 292 valence electrons. The molecule has 0 N–H and O–H groups in total. The van der Waals surface area contributed by atoms with Gasteiger partial charge in [0.15, 0.2) is 0 Å². The molecule has 0 radical (unpaired) electrons. The Balaban J connectivity index is 0.950. The van der Waals surface area contributed by atoms with E-state index in [0.717, 1.165) is 61.6 Å². The molecule has 0 saturated carbocycles. The van der Waals surface area contributed by atoms with E-state index in [1.54, 1.807) is 0 Å². The van der Waals surface area contributed by atoms with Gasteiger partial charge in [0, 0.05) is 39.1 Å². The topological polar surface area (TPSA) is 20.5 Å². The van der Waals surface area contributed by atoms with Crippen LogP contribution in [0.15, 0.2) is 249 Å². The third-order valence-electron chi connectivity index (χ3n) is 11.8. The van der Waals surface area contributed by atoms with Gasteiger partial charge in [-0.05, 0) is 86.8 Å². The number of hydrogen-bond acceptors (Lipinski definition) is 2. The first-order chi connectivity index (χ1) is 30.8. The van der Waals surface area contributed by atoms with Crippen molar-refractivity contribution in [3.8, 4) is 67.0 Å². The van der Waals surface area contributed by atoms with Crippen molar-refractivity contribution in [3.05, 3.63) is 249 Å². The van der Waals surface area contributed by atoms with Crippen LogP contribution in [0.4, 0.5) is 17.1 Å². The van der Waals surface area contributed by atoms with Crippen LogP contribution in [0.1, 0.15) is 0 Å². The van der Waals surface area contributed by atoms with Crippen LogP contribution in [0.25, 0.3) is 83.3 Å². The molecular formula is C59H41N3. The highest BCUT2D eigenvalue weighted by molar-refractivity contribution is 6.12. The Bertz CT molecular complexity index is 3230. The molecule has 11 aromatic rings. The molecule has 0 aliphatic carbocycles. The molecule has 3 nitrogen and oxygen atoms in total. The predicted molar refractivity (Wildman–Crippen MR) is 260 cm³/mol. The molecule has 0 saturated heterocycles. The quantitative estimate of drug-likeness (QED) is 0.145. The fourth-order valence-electron chi connectivity index (χ4n) is 8.81. The van der Waals surface area contributed by atoms with Crippen molar-refractivity contribution in [1.82, 2.24) is 9.61 Å². The lowest BCUT2D eigenvalue weighted by molar-refractivity contribution is 0.979. The maximum absolute atomic E-state index is 5.41. The third kappa shape index (κ3) is 6.82. The molecule has 0 atom stereocenters. The number of aromatic nitrogens is 2. The standard InChI is InChI=1S/C59H41N3/c1-6-17-47(18-7-1)56-41-55-53(27-16-28-54(55)59-57(48-19-8-2-9-20-48)58(60-62(56)59)49-21-10-3-11-22-49)46-35-33-44(34-36-46)42-29-31-43(32-30-42)45-37-39-52(40-38-45)61(50-23-12-4-13-24-50)51-25-14-5-15-26-51/h1-41H. The zero-order valence-electron chi connectivity index (χ0n) is 34.0. The van der Waals surface area contributed by atoms with Crippen molar-refractivity contribution in [3.63, 3.8) is 0 Å². The Hall–Kier alpha value is -8.27. The summed E-state index contributed by atoms with van der Waals surface area (Å²) >= 11 is 0. The first kappa shape index (κ1) is 36.8. The molecule has 0 bridgehead atoms. The Morgan fingerprint density at radius 3 is 1.24 bits per heavy atom. The van der Waals surface area contributed by atoms with Crippen LogP contribution in [0, 0.1) is 0 Å². The van der Waals surface area contributed by atoms with Gasteiger partial charge in [0.05, 0.1) is 11.2 Å². The van der Waals surface area contributed by atoms with Crippen molar-refractivity contribution in [2.45, 2.75) is 0 Å². The summed E-state index contributed by atoms with van der Waals surface area (Å²) in [5, 5.41) is 7.76. The molecule has 0 spiro atoms. The number of pyridine rings is 1. The maximum Gasteiger partial charge on any atom is 0.101 e. The van der Waals surface area contributed by atoms with Crippen LogP contribution in [0.3, 0.4) is 0 Å². The highest BCUT2D eigenvalue weighted by atomic mass is 15.2. The highest BCUT2D eigenvalue weighted by Crippen LogP contribution is 2.43. The van der Waals surface area contributed by atoms with E-state index >= 15 is 0 Å². The van der Waals surface area contributed by atoms with Gasteiger partial charge in [-0.1, -0.05) is 206 Å². The van der Waals surface area contributed by atoms with E-state index in [4.69, 9.17) is 5.10 Å². The summed E-state index contributed by atoms with van der Waals surface area (Å²) in [6.45, 7) is 0. The largest absolute Gasteiger partial charge is 0.311 e. The van der Waals surface area contributed by atoms with Gasteiger partial charge in [-0.25, -0.2) is 4.52 Å². The average Bonchev–Trinajstić information content (AvgIpc) is 3.77. The van der Waals surface area contributed by atoms with Crippen LogP contribution in [0.2, 0.25) is 0 Å². The van der Waals surface area contributed by atoms with Crippen molar-refractivity contribution in [2.24, 2.45) is 0 Å². The monoisotopic (exact) mass is 791 g/mol. The van der Waals surface area contributed by atoms with Crippen LogP contribution in [-0.2, 0) is 0 Å². The zero-order valence-corrected chi connectivity index (χ0v) is 34.0. The van der Waals surface area contributed by atoms with E-state index in [1.807, 2.05) is 0 Å². The normalized spacial score (nSPS) is 11.2. The Labute approximate surface area is 362 Å². The van der Waals surface area contributed by atoms with Gasteiger partial charge < -0.3 is 4.90 Å². The molecule has 62 heavy (non-hydrogen) atoms. The fourth-order valence-corrected chi connectivity index (χ4v) is 8.81. The van der Waals surface area contributed by atoms with Gasteiger partial charge in [0.1, 0.15) is 5.69 Å². The van der Waals surface area contributed by atoms with Gasteiger partial charge in [0.2, 0.25) is 0 Å². The van der Waals surface area contributed by atoms with Crippen LogP contribution >= 0.6 is 0 Å². The Kier molecular flexibility index (Phi) is 9.53. The van der Waals surface area contributed by atoms with E-state index in [2.05, 4.69) is 258 Å². The first-order valence-electron chi connectivity index (χ1n) is 21.1. The summed E-state index contributed by atoms with van der Waals surface area (Å²) < 4.78 is 2.16. The summed E-state index contributed by atoms with van der Waals surface area (Å²) in [6, 6.07) is 88.7.